The standard InChI is InChI=1S/C19H29N5O2/c1-18(2)15(19(18,3)4)17(26)23-8-7-13-21-22-14(24(13)10-9-23)11-20-16(25)12-5-6-12/h12,15H,5-11H2,1-4H3,(H,20,25). The molecule has 1 aliphatic heterocycles. The lowest BCUT2D eigenvalue weighted by Crippen LogP contribution is -2.36. The van der Waals surface area contributed by atoms with Gasteiger partial charge in [-0.1, -0.05) is 27.7 Å². The van der Waals surface area contributed by atoms with Crippen molar-refractivity contribution in [1.29, 1.82) is 0 Å². The van der Waals surface area contributed by atoms with E-state index in [2.05, 4.69) is 47.8 Å². The zero-order chi connectivity index (χ0) is 18.7. The molecule has 2 fully saturated rings. The summed E-state index contributed by atoms with van der Waals surface area (Å²) >= 11 is 0. The Morgan fingerprint density at radius 2 is 1.77 bits per heavy atom. The lowest BCUT2D eigenvalue weighted by molar-refractivity contribution is -0.133. The van der Waals surface area contributed by atoms with E-state index in [-0.39, 0.29) is 34.5 Å². The molecule has 3 aliphatic rings. The summed E-state index contributed by atoms with van der Waals surface area (Å²) in [4.78, 5) is 26.9. The van der Waals surface area contributed by atoms with Gasteiger partial charge in [-0.15, -0.1) is 10.2 Å². The molecule has 2 aliphatic carbocycles. The molecule has 4 rings (SSSR count). The fraction of sp³-hybridized carbons (Fsp3) is 0.789. The summed E-state index contributed by atoms with van der Waals surface area (Å²) in [5.74, 6) is 2.37. The van der Waals surface area contributed by atoms with E-state index < -0.39 is 0 Å². The molecule has 0 radical (unpaired) electrons. The van der Waals surface area contributed by atoms with Crippen LogP contribution in [0.1, 0.15) is 52.2 Å². The minimum Gasteiger partial charge on any atom is -0.349 e. The van der Waals surface area contributed by atoms with Gasteiger partial charge in [0.05, 0.1) is 6.54 Å². The Morgan fingerprint density at radius 1 is 1.08 bits per heavy atom. The molecule has 2 heterocycles. The van der Waals surface area contributed by atoms with Gasteiger partial charge in [0.15, 0.2) is 5.82 Å². The van der Waals surface area contributed by atoms with E-state index >= 15 is 0 Å². The Balaban J connectivity index is 1.40. The number of rotatable bonds is 4. The topological polar surface area (TPSA) is 80.1 Å². The zero-order valence-corrected chi connectivity index (χ0v) is 16.2. The van der Waals surface area contributed by atoms with Crippen LogP contribution in [-0.4, -0.2) is 44.6 Å². The lowest BCUT2D eigenvalue weighted by Gasteiger charge is -2.21. The van der Waals surface area contributed by atoms with Gasteiger partial charge in [-0.3, -0.25) is 9.59 Å². The smallest absolute Gasteiger partial charge is 0.226 e. The molecule has 2 saturated carbocycles. The van der Waals surface area contributed by atoms with Crippen LogP contribution in [0.15, 0.2) is 0 Å². The fourth-order valence-corrected chi connectivity index (χ4v) is 4.39. The normalized spacial score (nSPS) is 23.9. The number of carbonyl (C=O) groups excluding carboxylic acids is 2. The van der Waals surface area contributed by atoms with Gasteiger partial charge in [0.25, 0.3) is 0 Å². The first kappa shape index (κ1) is 17.5. The summed E-state index contributed by atoms with van der Waals surface area (Å²) in [6, 6.07) is 0. The predicted octanol–water partition coefficient (Wildman–Crippen LogP) is 1.37. The van der Waals surface area contributed by atoms with Gasteiger partial charge in [0.1, 0.15) is 5.82 Å². The van der Waals surface area contributed by atoms with E-state index in [9.17, 15) is 9.59 Å². The molecule has 0 spiro atoms. The molecule has 26 heavy (non-hydrogen) atoms. The van der Waals surface area contributed by atoms with Gasteiger partial charge in [-0.05, 0) is 23.7 Å². The first-order valence-corrected chi connectivity index (χ1v) is 9.71. The van der Waals surface area contributed by atoms with E-state index in [1.54, 1.807) is 0 Å². The predicted molar refractivity (Wildman–Crippen MR) is 95.9 cm³/mol. The van der Waals surface area contributed by atoms with Crippen molar-refractivity contribution in [2.45, 2.75) is 60.0 Å². The first-order chi connectivity index (χ1) is 12.2. The van der Waals surface area contributed by atoms with Crippen molar-refractivity contribution in [1.82, 2.24) is 25.0 Å². The molecule has 0 atom stereocenters. The third kappa shape index (κ3) is 2.72. The Kier molecular flexibility index (Phi) is 3.90. The second-order valence-electron chi connectivity index (χ2n) is 9.13. The van der Waals surface area contributed by atoms with Gasteiger partial charge in [-0.25, -0.2) is 0 Å². The van der Waals surface area contributed by atoms with Crippen LogP contribution in [0.25, 0.3) is 0 Å². The van der Waals surface area contributed by atoms with Gasteiger partial charge >= 0.3 is 0 Å². The van der Waals surface area contributed by atoms with E-state index in [1.807, 2.05) is 4.90 Å². The molecule has 1 aromatic rings. The van der Waals surface area contributed by atoms with Crippen molar-refractivity contribution >= 4 is 11.8 Å². The number of nitrogens with one attached hydrogen (secondary N) is 1. The van der Waals surface area contributed by atoms with Gasteiger partial charge in [0, 0.05) is 37.9 Å². The second kappa shape index (κ2) is 5.79. The number of hydrogen-bond donors (Lipinski definition) is 1. The summed E-state index contributed by atoms with van der Waals surface area (Å²) in [5, 5.41) is 11.5. The van der Waals surface area contributed by atoms with E-state index in [1.165, 1.54) is 0 Å². The molecule has 0 aromatic carbocycles. The molecule has 1 aromatic heterocycles. The van der Waals surface area contributed by atoms with Crippen LogP contribution in [0.3, 0.4) is 0 Å². The maximum atomic E-state index is 13.0. The molecular weight excluding hydrogens is 330 g/mol. The molecule has 2 amide bonds. The van der Waals surface area contributed by atoms with E-state index in [0.717, 1.165) is 24.5 Å². The summed E-state index contributed by atoms with van der Waals surface area (Å²) in [6.45, 7) is 11.2. The van der Waals surface area contributed by atoms with Crippen molar-refractivity contribution in [3.05, 3.63) is 11.6 Å². The minimum atomic E-state index is 0.0593. The average molecular weight is 359 g/mol. The van der Waals surface area contributed by atoms with Crippen molar-refractivity contribution in [2.24, 2.45) is 22.7 Å². The molecule has 142 valence electrons. The van der Waals surface area contributed by atoms with Crippen molar-refractivity contribution < 1.29 is 9.59 Å². The maximum absolute atomic E-state index is 13.0. The second-order valence-corrected chi connectivity index (χ2v) is 9.13. The van der Waals surface area contributed by atoms with Crippen molar-refractivity contribution in [2.75, 3.05) is 13.1 Å². The van der Waals surface area contributed by atoms with Crippen molar-refractivity contribution in [3.8, 4) is 0 Å². The quantitative estimate of drug-likeness (QED) is 0.880. The Bertz CT molecular complexity index is 733. The fourth-order valence-electron chi connectivity index (χ4n) is 4.39. The summed E-state index contributed by atoms with van der Waals surface area (Å²) in [6.07, 6.45) is 2.70. The van der Waals surface area contributed by atoms with E-state index in [0.29, 0.717) is 32.6 Å². The summed E-state index contributed by atoms with van der Waals surface area (Å²) < 4.78 is 2.07. The van der Waals surface area contributed by atoms with Gasteiger partial charge < -0.3 is 14.8 Å². The number of nitrogens with zero attached hydrogens (tertiary/aromatic N) is 4. The maximum Gasteiger partial charge on any atom is 0.226 e. The molecule has 0 bridgehead atoms. The highest BCUT2D eigenvalue weighted by molar-refractivity contribution is 5.84. The lowest BCUT2D eigenvalue weighted by atomic mass is 10.0. The highest BCUT2D eigenvalue weighted by Crippen LogP contribution is 2.68. The van der Waals surface area contributed by atoms with Crippen LogP contribution in [-0.2, 0) is 29.1 Å². The third-order valence-electron chi connectivity index (χ3n) is 7.05. The largest absolute Gasteiger partial charge is 0.349 e. The van der Waals surface area contributed by atoms with Gasteiger partial charge in [0.2, 0.25) is 11.8 Å². The molecule has 0 saturated heterocycles. The van der Waals surface area contributed by atoms with Crippen LogP contribution >= 0.6 is 0 Å². The average Bonchev–Trinajstić information content (AvgIpc) is 3.44. The Morgan fingerprint density at radius 3 is 2.38 bits per heavy atom. The number of aromatic nitrogens is 3. The summed E-state index contributed by atoms with van der Waals surface area (Å²) in [7, 11) is 0. The monoisotopic (exact) mass is 359 g/mol. The Labute approximate surface area is 154 Å². The number of amides is 2. The van der Waals surface area contributed by atoms with Crippen LogP contribution < -0.4 is 5.32 Å². The van der Waals surface area contributed by atoms with Crippen LogP contribution in [0.4, 0.5) is 0 Å². The highest BCUT2D eigenvalue weighted by atomic mass is 16.2. The number of hydrogen-bond acceptors (Lipinski definition) is 4. The highest BCUT2D eigenvalue weighted by Gasteiger charge is 2.68. The summed E-state index contributed by atoms with van der Waals surface area (Å²) in [5.41, 5.74) is 0.119. The van der Waals surface area contributed by atoms with Crippen molar-refractivity contribution in [3.63, 3.8) is 0 Å². The first-order valence-electron chi connectivity index (χ1n) is 9.71. The Hall–Kier alpha value is -1.92. The number of carbonyl (C=O) groups is 2. The van der Waals surface area contributed by atoms with Crippen LogP contribution in [0, 0.1) is 22.7 Å². The SMILES string of the molecule is CC1(C)C(C(=O)N2CCc3nnc(CNC(=O)C4CC4)n3CC2)C1(C)C. The van der Waals surface area contributed by atoms with E-state index in [4.69, 9.17) is 0 Å². The van der Waals surface area contributed by atoms with Crippen LogP contribution in [0.5, 0.6) is 0 Å². The molecule has 7 nitrogen and oxygen atoms in total. The number of fused-ring (bicyclic) bond motifs is 1. The zero-order valence-electron chi connectivity index (χ0n) is 16.2. The molecule has 1 N–H and O–H groups in total. The van der Waals surface area contributed by atoms with Gasteiger partial charge in [-0.2, -0.15) is 0 Å². The molecule has 0 unspecified atom stereocenters. The minimum absolute atomic E-state index is 0.0593. The molecule has 7 heteroatoms. The van der Waals surface area contributed by atoms with Crippen LogP contribution in [0.2, 0.25) is 0 Å². The molecular formula is C19H29N5O2. The third-order valence-corrected chi connectivity index (χ3v) is 7.05.